The predicted octanol–water partition coefficient (Wildman–Crippen LogP) is 2.94. The molecule has 1 unspecified atom stereocenters. The fourth-order valence-electron chi connectivity index (χ4n) is 1.88. The van der Waals surface area contributed by atoms with Crippen LogP contribution >= 0.6 is 0 Å². The molecular weight excluding hydrogens is 236 g/mol. The molecule has 2 nitrogen and oxygen atoms in total. The van der Waals surface area contributed by atoms with E-state index in [0.717, 1.165) is 23.8 Å². The fraction of sp³-hybridized carbons (Fsp3) is 0.214. The molecule has 18 heavy (non-hydrogen) atoms. The average Bonchev–Trinajstić information content (AvgIpc) is 2.34. The molecule has 1 aromatic heterocycles. The normalized spacial score (nSPS) is 12.4. The summed E-state index contributed by atoms with van der Waals surface area (Å²) < 4.78 is 26.5. The number of pyridine rings is 1. The van der Waals surface area contributed by atoms with E-state index in [9.17, 15) is 13.9 Å². The van der Waals surface area contributed by atoms with Crippen LogP contribution in [0.3, 0.4) is 0 Å². The summed E-state index contributed by atoms with van der Waals surface area (Å²) in [5.74, 6) is -1.02. The molecule has 0 spiro atoms. The van der Waals surface area contributed by atoms with Gasteiger partial charge in [0.1, 0.15) is 11.6 Å². The Labute approximate surface area is 104 Å². The van der Waals surface area contributed by atoms with E-state index in [0.29, 0.717) is 5.56 Å². The number of halogens is 2. The van der Waals surface area contributed by atoms with E-state index < -0.39 is 17.7 Å². The third-order valence-electron chi connectivity index (χ3n) is 2.84. The summed E-state index contributed by atoms with van der Waals surface area (Å²) in [6.45, 7) is 1.81. The number of aliphatic hydroxyl groups is 1. The molecule has 0 aliphatic rings. The highest BCUT2D eigenvalue weighted by Gasteiger charge is 2.14. The quantitative estimate of drug-likeness (QED) is 0.907. The molecule has 1 heterocycles. The molecule has 1 aromatic carbocycles. The minimum atomic E-state index is -0.871. The second-order valence-corrected chi connectivity index (χ2v) is 4.19. The predicted molar refractivity (Wildman–Crippen MR) is 64.0 cm³/mol. The SMILES string of the molecule is Cc1cnccc1C(O)Cc1cc(F)ccc1F. The van der Waals surface area contributed by atoms with Gasteiger partial charge in [-0.05, 0) is 47.9 Å². The molecule has 0 aliphatic carbocycles. The lowest BCUT2D eigenvalue weighted by Crippen LogP contribution is -2.06. The summed E-state index contributed by atoms with van der Waals surface area (Å²) >= 11 is 0. The van der Waals surface area contributed by atoms with Gasteiger partial charge in [0.2, 0.25) is 0 Å². The Morgan fingerprint density at radius 1 is 1.28 bits per heavy atom. The van der Waals surface area contributed by atoms with Gasteiger partial charge in [0.15, 0.2) is 0 Å². The van der Waals surface area contributed by atoms with Crippen molar-refractivity contribution < 1.29 is 13.9 Å². The van der Waals surface area contributed by atoms with E-state index in [4.69, 9.17) is 0 Å². The van der Waals surface area contributed by atoms with Gasteiger partial charge in [0.05, 0.1) is 6.10 Å². The molecule has 0 saturated carbocycles. The Balaban J connectivity index is 2.24. The van der Waals surface area contributed by atoms with E-state index in [-0.39, 0.29) is 12.0 Å². The van der Waals surface area contributed by atoms with Gasteiger partial charge in [-0.3, -0.25) is 4.98 Å². The van der Waals surface area contributed by atoms with Crippen molar-refractivity contribution in [2.75, 3.05) is 0 Å². The minimum Gasteiger partial charge on any atom is -0.388 e. The maximum Gasteiger partial charge on any atom is 0.126 e. The summed E-state index contributed by atoms with van der Waals surface area (Å²) in [4.78, 5) is 3.92. The van der Waals surface area contributed by atoms with Crippen molar-refractivity contribution in [2.24, 2.45) is 0 Å². The number of aryl methyl sites for hydroxylation is 1. The first-order chi connectivity index (χ1) is 8.58. The van der Waals surface area contributed by atoms with Crippen LogP contribution in [0.15, 0.2) is 36.7 Å². The van der Waals surface area contributed by atoms with Gasteiger partial charge >= 0.3 is 0 Å². The van der Waals surface area contributed by atoms with Crippen LogP contribution in [0, 0.1) is 18.6 Å². The van der Waals surface area contributed by atoms with Crippen LogP contribution in [0.1, 0.15) is 22.8 Å². The Morgan fingerprint density at radius 2 is 2.06 bits per heavy atom. The molecule has 0 bridgehead atoms. The molecule has 1 N–H and O–H groups in total. The number of aromatic nitrogens is 1. The number of nitrogens with zero attached hydrogens (tertiary/aromatic N) is 1. The summed E-state index contributed by atoms with van der Waals surface area (Å²) in [7, 11) is 0. The second-order valence-electron chi connectivity index (χ2n) is 4.19. The Hall–Kier alpha value is -1.81. The lowest BCUT2D eigenvalue weighted by Gasteiger charge is -2.13. The number of hydrogen-bond donors (Lipinski definition) is 1. The van der Waals surface area contributed by atoms with Crippen molar-refractivity contribution in [1.29, 1.82) is 0 Å². The van der Waals surface area contributed by atoms with Crippen molar-refractivity contribution in [2.45, 2.75) is 19.4 Å². The van der Waals surface area contributed by atoms with Crippen LogP contribution < -0.4 is 0 Å². The first-order valence-corrected chi connectivity index (χ1v) is 5.60. The van der Waals surface area contributed by atoms with Crippen molar-refractivity contribution >= 4 is 0 Å². The van der Waals surface area contributed by atoms with Crippen LogP contribution in [-0.2, 0) is 6.42 Å². The Morgan fingerprint density at radius 3 is 2.78 bits per heavy atom. The van der Waals surface area contributed by atoms with Crippen LogP contribution in [0.5, 0.6) is 0 Å². The minimum absolute atomic E-state index is 0.0362. The van der Waals surface area contributed by atoms with Crippen LogP contribution in [0.2, 0.25) is 0 Å². The molecular formula is C14H13F2NO. The molecule has 0 radical (unpaired) electrons. The average molecular weight is 249 g/mol. The molecule has 0 aliphatic heterocycles. The highest BCUT2D eigenvalue weighted by atomic mass is 19.1. The van der Waals surface area contributed by atoms with Crippen molar-refractivity contribution in [3.8, 4) is 0 Å². The van der Waals surface area contributed by atoms with Gasteiger partial charge in [0.25, 0.3) is 0 Å². The van der Waals surface area contributed by atoms with Crippen molar-refractivity contribution in [3.63, 3.8) is 0 Å². The first-order valence-electron chi connectivity index (χ1n) is 5.60. The van der Waals surface area contributed by atoms with Gasteiger partial charge < -0.3 is 5.11 Å². The molecule has 4 heteroatoms. The molecule has 2 aromatic rings. The summed E-state index contributed by atoms with van der Waals surface area (Å²) in [5.41, 5.74) is 1.66. The lowest BCUT2D eigenvalue weighted by molar-refractivity contribution is 0.176. The topological polar surface area (TPSA) is 33.1 Å². The Kier molecular flexibility index (Phi) is 3.67. The van der Waals surface area contributed by atoms with Crippen LogP contribution in [0.25, 0.3) is 0 Å². The van der Waals surface area contributed by atoms with E-state index >= 15 is 0 Å². The number of aliphatic hydroxyl groups excluding tert-OH is 1. The zero-order valence-electron chi connectivity index (χ0n) is 9.90. The van der Waals surface area contributed by atoms with Gasteiger partial charge in [-0.25, -0.2) is 8.78 Å². The maximum absolute atomic E-state index is 13.5. The van der Waals surface area contributed by atoms with E-state index in [2.05, 4.69) is 4.98 Å². The zero-order valence-corrected chi connectivity index (χ0v) is 9.90. The van der Waals surface area contributed by atoms with Gasteiger partial charge in [-0.1, -0.05) is 0 Å². The lowest BCUT2D eigenvalue weighted by atomic mass is 9.99. The maximum atomic E-state index is 13.5. The van der Waals surface area contributed by atoms with Crippen LogP contribution in [0.4, 0.5) is 8.78 Å². The molecule has 0 amide bonds. The molecule has 94 valence electrons. The smallest absolute Gasteiger partial charge is 0.126 e. The third kappa shape index (κ3) is 2.71. The molecule has 2 rings (SSSR count). The highest BCUT2D eigenvalue weighted by molar-refractivity contribution is 5.27. The monoisotopic (exact) mass is 249 g/mol. The highest BCUT2D eigenvalue weighted by Crippen LogP contribution is 2.22. The van der Waals surface area contributed by atoms with E-state index in [1.165, 1.54) is 0 Å². The number of benzene rings is 1. The van der Waals surface area contributed by atoms with Gasteiger partial charge in [-0.15, -0.1) is 0 Å². The summed E-state index contributed by atoms with van der Waals surface area (Å²) in [6.07, 6.45) is 2.35. The first kappa shape index (κ1) is 12.6. The summed E-state index contributed by atoms with van der Waals surface area (Å²) in [5, 5.41) is 10.1. The number of rotatable bonds is 3. The fourth-order valence-corrected chi connectivity index (χ4v) is 1.88. The molecule has 1 atom stereocenters. The van der Waals surface area contributed by atoms with Crippen LogP contribution in [-0.4, -0.2) is 10.1 Å². The van der Waals surface area contributed by atoms with Gasteiger partial charge in [-0.2, -0.15) is 0 Å². The standard InChI is InChI=1S/C14H13F2NO/c1-9-8-17-5-4-12(9)14(18)7-10-6-11(15)2-3-13(10)16/h2-6,8,14,18H,7H2,1H3. The third-order valence-corrected chi connectivity index (χ3v) is 2.84. The molecule has 0 saturated heterocycles. The second kappa shape index (κ2) is 5.23. The van der Waals surface area contributed by atoms with E-state index in [1.54, 1.807) is 18.5 Å². The van der Waals surface area contributed by atoms with Crippen molar-refractivity contribution in [3.05, 3.63) is 65.0 Å². The van der Waals surface area contributed by atoms with E-state index in [1.807, 2.05) is 6.92 Å². The zero-order chi connectivity index (χ0) is 13.1. The Bertz CT molecular complexity index is 557. The largest absolute Gasteiger partial charge is 0.388 e. The summed E-state index contributed by atoms with van der Waals surface area (Å²) in [6, 6.07) is 4.91. The van der Waals surface area contributed by atoms with Crippen molar-refractivity contribution in [1.82, 2.24) is 4.98 Å². The van der Waals surface area contributed by atoms with Gasteiger partial charge in [0, 0.05) is 18.8 Å². The number of hydrogen-bond acceptors (Lipinski definition) is 2. The molecule has 0 fully saturated rings.